The minimum Gasteiger partial charge on any atom is -0.322 e. The number of hydrogen-bond acceptors (Lipinski definition) is 4. The monoisotopic (exact) mass is 342 g/mol. The van der Waals surface area contributed by atoms with Crippen molar-refractivity contribution in [2.24, 2.45) is 0 Å². The van der Waals surface area contributed by atoms with Gasteiger partial charge in [-0.05, 0) is 24.3 Å². The van der Waals surface area contributed by atoms with Crippen LogP contribution < -0.4 is 10.0 Å². The zero-order valence-corrected chi connectivity index (χ0v) is 13.2. The average Bonchev–Trinajstić information content (AvgIpc) is 3.07. The van der Waals surface area contributed by atoms with E-state index in [1.807, 2.05) is 6.07 Å². The molecule has 2 aromatic carbocycles. The highest BCUT2D eigenvalue weighted by molar-refractivity contribution is 7.92. The zero-order valence-electron chi connectivity index (χ0n) is 12.4. The molecular formula is C16H14N4O3S. The van der Waals surface area contributed by atoms with E-state index in [4.69, 9.17) is 0 Å². The van der Waals surface area contributed by atoms with Crippen LogP contribution >= 0.6 is 0 Å². The third kappa shape index (κ3) is 3.44. The Morgan fingerprint density at radius 3 is 2.12 bits per heavy atom. The van der Waals surface area contributed by atoms with Crippen LogP contribution in [0.5, 0.6) is 0 Å². The number of benzene rings is 2. The number of carbonyl (C=O) groups is 1. The van der Waals surface area contributed by atoms with E-state index in [0.717, 1.165) is 0 Å². The van der Waals surface area contributed by atoms with Crippen molar-refractivity contribution in [3.63, 3.8) is 0 Å². The maximum absolute atomic E-state index is 12.5. The van der Waals surface area contributed by atoms with Crippen LogP contribution in [0, 0.1) is 0 Å². The van der Waals surface area contributed by atoms with E-state index in [-0.39, 0.29) is 10.6 Å². The summed E-state index contributed by atoms with van der Waals surface area (Å²) in [6.07, 6.45) is 1.18. The molecule has 1 heterocycles. The Morgan fingerprint density at radius 2 is 1.50 bits per heavy atom. The summed E-state index contributed by atoms with van der Waals surface area (Å²) >= 11 is 0. The maximum atomic E-state index is 12.5. The van der Waals surface area contributed by atoms with Gasteiger partial charge in [0, 0.05) is 11.4 Å². The number of hydrogen-bond donors (Lipinski definition) is 3. The molecule has 3 aromatic rings. The zero-order chi connectivity index (χ0) is 17.0. The molecule has 0 radical (unpaired) electrons. The van der Waals surface area contributed by atoms with Gasteiger partial charge in [0.05, 0.1) is 11.8 Å². The van der Waals surface area contributed by atoms with Gasteiger partial charge in [-0.3, -0.25) is 14.6 Å². The van der Waals surface area contributed by atoms with Gasteiger partial charge >= 0.3 is 0 Å². The second-order valence-corrected chi connectivity index (χ2v) is 6.52. The van der Waals surface area contributed by atoms with Gasteiger partial charge in [0.25, 0.3) is 15.9 Å². The molecule has 0 fully saturated rings. The number of nitrogens with one attached hydrogen (secondary N) is 3. The minimum absolute atomic E-state index is 0.0673. The van der Waals surface area contributed by atoms with Crippen LogP contribution in [0.25, 0.3) is 0 Å². The number of rotatable bonds is 5. The molecule has 1 aromatic heterocycles. The molecule has 0 unspecified atom stereocenters. The molecule has 7 nitrogen and oxygen atoms in total. The summed E-state index contributed by atoms with van der Waals surface area (Å²) in [6.45, 7) is 0. The number of amides is 1. The highest BCUT2D eigenvalue weighted by atomic mass is 32.2. The van der Waals surface area contributed by atoms with Crippen molar-refractivity contribution in [3.05, 3.63) is 72.4 Å². The predicted molar refractivity (Wildman–Crippen MR) is 90.2 cm³/mol. The lowest BCUT2D eigenvalue weighted by Gasteiger charge is -2.08. The van der Waals surface area contributed by atoms with E-state index in [2.05, 4.69) is 20.2 Å². The Kier molecular flexibility index (Phi) is 4.30. The van der Waals surface area contributed by atoms with E-state index in [1.54, 1.807) is 54.6 Å². The number of aromatic amines is 1. The molecular weight excluding hydrogens is 328 g/mol. The normalized spacial score (nSPS) is 11.0. The summed E-state index contributed by atoms with van der Waals surface area (Å²) in [7, 11) is -3.97. The molecule has 0 saturated heterocycles. The molecule has 0 atom stereocenters. The quantitative estimate of drug-likeness (QED) is 0.662. The highest BCUT2D eigenvalue weighted by Crippen LogP contribution is 2.18. The molecule has 3 N–H and O–H groups in total. The molecule has 24 heavy (non-hydrogen) atoms. The van der Waals surface area contributed by atoms with Gasteiger partial charge in [0.15, 0.2) is 5.03 Å². The summed E-state index contributed by atoms with van der Waals surface area (Å²) < 4.78 is 27.4. The highest BCUT2D eigenvalue weighted by Gasteiger charge is 2.25. The fourth-order valence-corrected chi connectivity index (χ4v) is 3.23. The number of H-pyrrole nitrogens is 1. The number of anilines is 2. The predicted octanol–water partition coefficient (Wildman–Crippen LogP) is 2.46. The van der Waals surface area contributed by atoms with Crippen molar-refractivity contribution in [1.82, 2.24) is 10.2 Å². The van der Waals surface area contributed by atoms with Crippen LogP contribution in [0.4, 0.5) is 11.4 Å². The maximum Gasteiger partial charge on any atom is 0.279 e. The van der Waals surface area contributed by atoms with Crippen molar-refractivity contribution in [3.8, 4) is 0 Å². The number of sulfonamides is 1. The number of aromatic nitrogens is 2. The third-order valence-electron chi connectivity index (χ3n) is 3.18. The van der Waals surface area contributed by atoms with Crippen molar-refractivity contribution in [2.45, 2.75) is 5.03 Å². The standard InChI is InChI=1S/C16H14N4O3S/c21-15(18-12-7-3-1-4-8-12)14-11-17-19-16(14)24(22,23)20-13-9-5-2-6-10-13/h1-11,20H,(H,17,19)(H,18,21). The van der Waals surface area contributed by atoms with Crippen LogP contribution in [0.1, 0.15) is 10.4 Å². The van der Waals surface area contributed by atoms with Crippen LogP contribution in [0.15, 0.2) is 71.9 Å². The molecule has 8 heteroatoms. The summed E-state index contributed by atoms with van der Waals surface area (Å²) in [5, 5.41) is 8.40. The second kappa shape index (κ2) is 6.55. The first-order chi connectivity index (χ1) is 11.6. The second-order valence-electron chi connectivity index (χ2n) is 4.90. The fraction of sp³-hybridized carbons (Fsp3) is 0. The Bertz CT molecular complexity index is 938. The fourth-order valence-electron chi connectivity index (χ4n) is 2.07. The molecule has 0 aliphatic carbocycles. The molecule has 0 spiro atoms. The largest absolute Gasteiger partial charge is 0.322 e. The van der Waals surface area contributed by atoms with Crippen molar-refractivity contribution >= 4 is 27.3 Å². The van der Waals surface area contributed by atoms with E-state index >= 15 is 0 Å². The third-order valence-corrected chi connectivity index (χ3v) is 4.53. The Hall–Kier alpha value is -3.13. The van der Waals surface area contributed by atoms with E-state index in [9.17, 15) is 13.2 Å². The number of nitrogens with zero attached hydrogens (tertiary/aromatic N) is 1. The molecule has 122 valence electrons. The number of carbonyl (C=O) groups excluding carboxylic acids is 1. The summed E-state index contributed by atoms with van der Waals surface area (Å²) in [5.74, 6) is -0.566. The summed E-state index contributed by atoms with van der Waals surface area (Å²) in [6, 6.07) is 17.1. The van der Waals surface area contributed by atoms with Gasteiger partial charge in [-0.25, -0.2) is 0 Å². The first-order valence-electron chi connectivity index (χ1n) is 7.04. The van der Waals surface area contributed by atoms with Crippen LogP contribution in [-0.4, -0.2) is 24.5 Å². The lowest BCUT2D eigenvalue weighted by Crippen LogP contribution is -2.19. The summed E-state index contributed by atoms with van der Waals surface area (Å²) in [5.41, 5.74) is 0.881. The minimum atomic E-state index is -3.97. The Labute approximate surface area is 138 Å². The summed E-state index contributed by atoms with van der Waals surface area (Å²) in [4.78, 5) is 12.3. The smallest absolute Gasteiger partial charge is 0.279 e. The Morgan fingerprint density at radius 1 is 0.917 bits per heavy atom. The van der Waals surface area contributed by atoms with Crippen LogP contribution in [0.3, 0.4) is 0 Å². The Balaban J connectivity index is 1.85. The molecule has 0 saturated carbocycles. The topological polar surface area (TPSA) is 104 Å². The van der Waals surface area contributed by atoms with Gasteiger partial charge in [-0.1, -0.05) is 36.4 Å². The first kappa shape index (κ1) is 15.8. The van der Waals surface area contributed by atoms with E-state index in [0.29, 0.717) is 11.4 Å². The van der Waals surface area contributed by atoms with Crippen molar-refractivity contribution in [2.75, 3.05) is 10.0 Å². The lowest BCUT2D eigenvalue weighted by molar-refractivity contribution is 0.102. The molecule has 0 aliphatic rings. The van der Waals surface area contributed by atoms with Crippen LogP contribution in [-0.2, 0) is 10.0 Å². The van der Waals surface area contributed by atoms with Gasteiger partial charge in [0.2, 0.25) is 0 Å². The van der Waals surface area contributed by atoms with Crippen molar-refractivity contribution in [1.29, 1.82) is 0 Å². The van der Waals surface area contributed by atoms with Gasteiger partial charge in [-0.2, -0.15) is 13.5 Å². The van der Waals surface area contributed by atoms with Gasteiger partial charge < -0.3 is 5.32 Å². The van der Waals surface area contributed by atoms with E-state index in [1.165, 1.54) is 6.20 Å². The van der Waals surface area contributed by atoms with Crippen molar-refractivity contribution < 1.29 is 13.2 Å². The van der Waals surface area contributed by atoms with Gasteiger partial charge in [0.1, 0.15) is 0 Å². The first-order valence-corrected chi connectivity index (χ1v) is 8.52. The molecule has 0 aliphatic heterocycles. The average molecular weight is 342 g/mol. The number of para-hydroxylation sites is 2. The lowest BCUT2D eigenvalue weighted by atomic mass is 10.3. The molecule has 1 amide bonds. The van der Waals surface area contributed by atoms with E-state index < -0.39 is 15.9 Å². The molecule has 0 bridgehead atoms. The SMILES string of the molecule is O=C(Nc1ccccc1)c1cn[nH]c1S(=O)(=O)Nc1ccccc1. The van der Waals surface area contributed by atoms with Crippen LogP contribution in [0.2, 0.25) is 0 Å². The van der Waals surface area contributed by atoms with Gasteiger partial charge in [-0.15, -0.1) is 0 Å². The molecule has 3 rings (SSSR count).